The van der Waals surface area contributed by atoms with E-state index in [1.54, 1.807) is 11.1 Å². The van der Waals surface area contributed by atoms with E-state index in [1.165, 1.54) is 53.3 Å². The maximum absolute atomic E-state index is 6.11. The second-order valence-corrected chi connectivity index (χ2v) is 17.9. The molecule has 296 valence electrons. The Bertz CT molecular complexity index is 3400. The maximum atomic E-state index is 6.11. The van der Waals surface area contributed by atoms with Gasteiger partial charge in [0.2, 0.25) is 0 Å². The summed E-state index contributed by atoms with van der Waals surface area (Å²) in [6.07, 6.45) is 5.36. The Hall–Kier alpha value is -7.17. The SMILES string of the molecule is C[C@@H]1CC2CC[C@@H](C2)C12c1ccccc1-c1c(-c3ccc(-c4nc(-c5ccccc5)nc(-c5ccc(-c6ccc7oc8ccccc8c7c6)cc5)n4)c4ccccc34)cccc12. The van der Waals surface area contributed by atoms with Crippen molar-refractivity contribution in [3.8, 4) is 67.5 Å². The summed E-state index contributed by atoms with van der Waals surface area (Å²) in [5.41, 5.74) is 15.5. The number of fused-ring (bicyclic) bond motifs is 12. The Labute approximate surface area is 361 Å². The monoisotopic (exact) mass is 797 g/mol. The van der Waals surface area contributed by atoms with Gasteiger partial charge in [-0.15, -0.1) is 0 Å². The van der Waals surface area contributed by atoms with E-state index in [0.29, 0.717) is 29.3 Å². The molecule has 2 bridgehead atoms. The van der Waals surface area contributed by atoms with Crippen molar-refractivity contribution in [1.82, 2.24) is 15.0 Å². The van der Waals surface area contributed by atoms with Crippen molar-refractivity contribution in [2.45, 2.75) is 38.0 Å². The van der Waals surface area contributed by atoms with Crippen LogP contribution >= 0.6 is 0 Å². The molecule has 2 fully saturated rings. The zero-order chi connectivity index (χ0) is 40.9. The fraction of sp³-hybridized carbons (Fsp3) is 0.155. The summed E-state index contributed by atoms with van der Waals surface area (Å²) in [6.45, 7) is 2.54. The second kappa shape index (κ2) is 13.7. The van der Waals surface area contributed by atoms with Gasteiger partial charge >= 0.3 is 0 Å². The molecule has 2 aromatic heterocycles. The molecule has 10 aromatic rings. The van der Waals surface area contributed by atoms with Gasteiger partial charge in [-0.1, -0.05) is 165 Å². The van der Waals surface area contributed by atoms with Gasteiger partial charge in [-0.2, -0.15) is 0 Å². The average Bonchev–Trinajstić information content (AvgIpc) is 4.01. The molecule has 4 nitrogen and oxygen atoms in total. The van der Waals surface area contributed by atoms with E-state index in [2.05, 4.69) is 153 Å². The molecular formula is C58H43N3O. The smallest absolute Gasteiger partial charge is 0.164 e. The Morgan fingerprint density at radius 2 is 1.05 bits per heavy atom. The second-order valence-electron chi connectivity index (χ2n) is 17.9. The predicted octanol–water partition coefficient (Wildman–Crippen LogP) is 15.0. The van der Waals surface area contributed by atoms with E-state index in [9.17, 15) is 0 Å². The highest BCUT2D eigenvalue weighted by molar-refractivity contribution is 6.08. The van der Waals surface area contributed by atoms with Gasteiger partial charge in [-0.05, 0) is 117 Å². The zero-order valence-electron chi connectivity index (χ0n) is 34.6. The van der Waals surface area contributed by atoms with Crippen molar-refractivity contribution in [1.29, 1.82) is 0 Å². The Kier molecular flexibility index (Phi) is 7.84. The van der Waals surface area contributed by atoms with Gasteiger partial charge in [0.05, 0.1) is 0 Å². The summed E-state index contributed by atoms with van der Waals surface area (Å²) in [5.74, 6) is 4.12. The summed E-state index contributed by atoms with van der Waals surface area (Å²) in [6, 6.07) is 63.3. The maximum Gasteiger partial charge on any atom is 0.164 e. The molecule has 4 heteroatoms. The quantitative estimate of drug-likeness (QED) is 0.174. The molecule has 4 atom stereocenters. The van der Waals surface area contributed by atoms with E-state index in [4.69, 9.17) is 19.4 Å². The van der Waals surface area contributed by atoms with Crippen LogP contribution in [0, 0.1) is 17.8 Å². The zero-order valence-corrected chi connectivity index (χ0v) is 34.6. The first kappa shape index (κ1) is 35.6. The van der Waals surface area contributed by atoms with E-state index in [-0.39, 0.29) is 5.41 Å². The molecule has 3 aliphatic rings. The highest BCUT2D eigenvalue weighted by atomic mass is 16.3. The summed E-state index contributed by atoms with van der Waals surface area (Å²) < 4.78 is 6.11. The first-order chi connectivity index (χ1) is 30.6. The van der Waals surface area contributed by atoms with Gasteiger partial charge < -0.3 is 4.42 Å². The highest BCUT2D eigenvalue weighted by Crippen LogP contribution is 2.66. The van der Waals surface area contributed by atoms with E-state index in [0.717, 1.165) is 61.1 Å². The number of benzene rings is 8. The highest BCUT2D eigenvalue weighted by Gasteiger charge is 2.57. The molecule has 1 spiro atoms. The van der Waals surface area contributed by atoms with Gasteiger partial charge in [0, 0.05) is 32.9 Å². The van der Waals surface area contributed by atoms with Crippen LogP contribution in [0.25, 0.3) is 100 Å². The Morgan fingerprint density at radius 1 is 0.435 bits per heavy atom. The molecule has 2 unspecified atom stereocenters. The molecule has 3 aliphatic carbocycles. The number of hydrogen-bond donors (Lipinski definition) is 0. The lowest BCUT2D eigenvalue weighted by Gasteiger charge is -2.46. The molecule has 0 N–H and O–H groups in total. The average molecular weight is 798 g/mol. The van der Waals surface area contributed by atoms with Crippen molar-refractivity contribution < 1.29 is 4.42 Å². The van der Waals surface area contributed by atoms with Crippen LogP contribution in [0.2, 0.25) is 0 Å². The minimum absolute atomic E-state index is 0.0697. The number of nitrogens with zero attached hydrogens (tertiary/aromatic N) is 3. The Balaban J connectivity index is 0.940. The molecule has 2 heterocycles. The van der Waals surface area contributed by atoms with Crippen molar-refractivity contribution in [2.24, 2.45) is 17.8 Å². The van der Waals surface area contributed by atoms with E-state index in [1.807, 2.05) is 30.3 Å². The van der Waals surface area contributed by atoms with Crippen molar-refractivity contribution >= 4 is 32.7 Å². The largest absolute Gasteiger partial charge is 0.456 e. The van der Waals surface area contributed by atoms with Gasteiger partial charge in [0.15, 0.2) is 17.5 Å². The minimum atomic E-state index is 0.0697. The van der Waals surface area contributed by atoms with Crippen LogP contribution in [0.1, 0.15) is 43.7 Å². The van der Waals surface area contributed by atoms with Crippen molar-refractivity contribution in [3.05, 3.63) is 187 Å². The number of para-hydroxylation sites is 1. The number of furan rings is 1. The third kappa shape index (κ3) is 5.22. The van der Waals surface area contributed by atoms with Gasteiger partial charge in [-0.25, -0.2) is 15.0 Å². The summed E-state index contributed by atoms with van der Waals surface area (Å²) in [5, 5.41) is 4.57. The van der Waals surface area contributed by atoms with Crippen LogP contribution in [0.15, 0.2) is 180 Å². The molecule has 2 saturated carbocycles. The first-order valence-electron chi connectivity index (χ1n) is 22.2. The third-order valence-electron chi connectivity index (χ3n) is 14.8. The lowest BCUT2D eigenvalue weighted by atomic mass is 9.56. The third-order valence-corrected chi connectivity index (χ3v) is 14.8. The van der Waals surface area contributed by atoms with Gasteiger partial charge in [0.25, 0.3) is 0 Å². The topological polar surface area (TPSA) is 51.8 Å². The number of hydrogen-bond acceptors (Lipinski definition) is 4. The fourth-order valence-electron chi connectivity index (χ4n) is 12.2. The lowest BCUT2D eigenvalue weighted by Crippen LogP contribution is -2.43. The summed E-state index contributed by atoms with van der Waals surface area (Å²) in [4.78, 5) is 15.6. The predicted molar refractivity (Wildman–Crippen MR) is 253 cm³/mol. The van der Waals surface area contributed by atoms with Crippen LogP contribution in [-0.2, 0) is 5.41 Å². The van der Waals surface area contributed by atoms with Gasteiger partial charge in [0.1, 0.15) is 11.2 Å². The number of aromatic nitrogens is 3. The molecule has 0 aliphatic heterocycles. The van der Waals surface area contributed by atoms with Crippen LogP contribution < -0.4 is 0 Å². The molecule has 13 rings (SSSR count). The normalized spacial score (nSPS) is 20.0. The molecular weight excluding hydrogens is 755 g/mol. The summed E-state index contributed by atoms with van der Waals surface area (Å²) >= 11 is 0. The molecule has 62 heavy (non-hydrogen) atoms. The lowest BCUT2D eigenvalue weighted by molar-refractivity contribution is 0.162. The molecule has 0 amide bonds. The minimum Gasteiger partial charge on any atom is -0.456 e. The first-order valence-corrected chi connectivity index (χ1v) is 22.2. The standard InChI is InChI=1S/C58H43N3O/c1-35-32-36-22-28-41(33-36)58(35)50-19-9-7-17-48(50)54-46(18-11-20-51(54)58)44-29-30-47(43-15-6-5-14-42(43)44)57-60-55(38-12-3-2-4-13-38)59-56(61-57)39-25-23-37(24-26-39)40-27-31-53-49(34-40)45-16-8-10-21-52(45)62-53/h2-21,23-27,29-31,34-36,41H,22,28,32-33H2,1H3/t35-,36?,41+,58?/m1/s1. The van der Waals surface area contributed by atoms with E-state index < -0.39 is 0 Å². The molecule has 0 radical (unpaired) electrons. The van der Waals surface area contributed by atoms with Crippen LogP contribution in [0.3, 0.4) is 0 Å². The number of rotatable bonds is 5. The van der Waals surface area contributed by atoms with Crippen molar-refractivity contribution in [2.75, 3.05) is 0 Å². The van der Waals surface area contributed by atoms with E-state index >= 15 is 0 Å². The van der Waals surface area contributed by atoms with Crippen LogP contribution in [-0.4, -0.2) is 15.0 Å². The molecule has 0 saturated heterocycles. The van der Waals surface area contributed by atoms with Crippen LogP contribution in [0.5, 0.6) is 0 Å². The fourth-order valence-corrected chi connectivity index (χ4v) is 12.2. The van der Waals surface area contributed by atoms with Crippen molar-refractivity contribution in [3.63, 3.8) is 0 Å². The summed E-state index contributed by atoms with van der Waals surface area (Å²) in [7, 11) is 0. The Morgan fingerprint density at radius 3 is 1.89 bits per heavy atom. The van der Waals surface area contributed by atoms with Crippen LogP contribution in [0.4, 0.5) is 0 Å². The van der Waals surface area contributed by atoms with Gasteiger partial charge in [-0.3, -0.25) is 0 Å². The molecule has 8 aromatic carbocycles.